The molecule has 0 aliphatic heterocycles. The summed E-state index contributed by atoms with van der Waals surface area (Å²) >= 11 is 0. The zero-order chi connectivity index (χ0) is 22.5. The van der Waals surface area contributed by atoms with Crippen molar-refractivity contribution in [3.63, 3.8) is 0 Å². The van der Waals surface area contributed by atoms with Crippen LogP contribution in [-0.4, -0.2) is 31.5 Å². The molecule has 0 unspecified atom stereocenters. The molecule has 2 heterocycles. The first-order chi connectivity index (χ1) is 15.5. The lowest BCUT2D eigenvalue weighted by Crippen LogP contribution is -2.15. The lowest BCUT2D eigenvalue weighted by molar-refractivity contribution is -0.384. The van der Waals surface area contributed by atoms with Gasteiger partial charge in [-0.3, -0.25) is 24.7 Å². The third-order valence-electron chi connectivity index (χ3n) is 4.47. The van der Waals surface area contributed by atoms with Crippen molar-refractivity contribution >= 4 is 28.9 Å². The average Bonchev–Trinajstić information content (AvgIpc) is 3.30. The molecule has 0 fully saturated rings. The van der Waals surface area contributed by atoms with Gasteiger partial charge in [0.2, 0.25) is 0 Å². The Morgan fingerprint density at radius 3 is 2.31 bits per heavy atom. The molecule has 10 heteroatoms. The highest BCUT2D eigenvalue weighted by molar-refractivity contribution is 6.06. The summed E-state index contributed by atoms with van der Waals surface area (Å²) in [4.78, 5) is 39.2. The summed E-state index contributed by atoms with van der Waals surface area (Å²) in [5, 5.41) is 20.5. The molecule has 158 valence electrons. The molecule has 2 amide bonds. The number of aromatic nitrogens is 3. The molecule has 2 N–H and O–H groups in total. The zero-order valence-corrected chi connectivity index (χ0v) is 16.5. The summed E-state index contributed by atoms with van der Waals surface area (Å²) in [6.45, 7) is 0. The second kappa shape index (κ2) is 8.88. The van der Waals surface area contributed by atoms with Crippen LogP contribution >= 0.6 is 0 Å². The van der Waals surface area contributed by atoms with E-state index >= 15 is 0 Å². The van der Waals surface area contributed by atoms with Crippen molar-refractivity contribution in [3.05, 3.63) is 107 Å². The third-order valence-corrected chi connectivity index (χ3v) is 4.47. The Morgan fingerprint density at radius 1 is 0.875 bits per heavy atom. The first-order valence-corrected chi connectivity index (χ1v) is 9.43. The van der Waals surface area contributed by atoms with Crippen molar-refractivity contribution in [1.82, 2.24) is 14.8 Å². The normalized spacial score (nSPS) is 10.4. The maximum Gasteiger partial charge on any atom is 0.276 e. The molecule has 0 aliphatic carbocycles. The molecule has 4 rings (SSSR count). The van der Waals surface area contributed by atoms with Crippen molar-refractivity contribution in [1.29, 1.82) is 0 Å². The number of carbonyl (C=O) groups excluding carboxylic acids is 2. The van der Waals surface area contributed by atoms with Crippen LogP contribution in [-0.2, 0) is 0 Å². The van der Waals surface area contributed by atoms with Gasteiger partial charge in [-0.1, -0.05) is 6.07 Å². The Labute approximate surface area is 181 Å². The van der Waals surface area contributed by atoms with E-state index in [4.69, 9.17) is 0 Å². The summed E-state index contributed by atoms with van der Waals surface area (Å²) in [5.74, 6) is -0.785. The van der Waals surface area contributed by atoms with Crippen molar-refractivity contribution in [3.8, 4) is 5.69 Å². The maximum atomic E-state index is 12.6. The second-order valence-electron chi connectivity index (χ2n) is 6.64. The monoisotopic (exact) mass is 428 g/mol. The van der Waals surface area contributed by atoms with E-state index < -0.39 is 10.8 Å². The average molecular weight is 428 g/mol. The van der Waals surface area contributed by atoms with Gasteiger partial charge in [-0.15, -0.1) is 0 Å². The highest BCUT2D eigenvalue weighted by Gasteiger charge is 2.13. The topological polar surface area (TPSA) is 132 Å². The Bertz CT molecular complexity index is 1290. The van der Waals surface area contributed by atoms with Gasteiger partial charge in [0, 0.05) is 47.7 Å². The highest BCUT2D eigenvalue weighted by atomic mass is 16.6. The quantitative estimate of drug-likeness (QED) is 0.356. The van der Waals surface area contributed by atoms with Crippen LogP contribution in [0.3, 0.4) is 0 Å². The molecule has 10 nitrogen and oxygen atoms in total. The SMILES string of the molecule is O=C(Nc1ccncc1)c1cccc(NC(=O)c2ccn(-c3ccc([N+](=O)[O-])cc3)n2)c1. The lowest BCUT2D eigenvalue weighted by Gasteiger charge is -2.08. The molecule has 0 saturated carbocycles. The van der Waals surface area contributed by atoms with E-state index in [1.54, 1.807) is 55.0 Å². The summed E-state index contributed by atoms with van der Waals surface area (Å²) in [6, 6.07) is 17.2. The first kappa shape index (κ1) is 20.4. The van der Waals surface area contributed by atoms with Crippen LogP contribution in [0.4, 0.5) is 17.1 Å². The largest absolute Gasteiger partial charge is 0.322 e. The Kier molecular flexibility index (Phi) is 5.66. The fourth-order valence-corrected chi connectivity index (χ4v) is 2.89. The smallest absolute Gasteiger partial charge is 0.276 e. The molecule has 32 heavy (non-hydrogen) atoms. The van der Waals surface area contributed by atoms with Gasteiger partial charge in [-0.2, -0.15) is 5.10 Å². The molecule has 0 atom stereocenters. The Morgan fingerprint density at radius 2 is 1.59 bits per heavy atom. The van der Waals surface area contributed by atoms with Gasteiger partial charge in [-0.25, -0.2) is 4.68 Å². The molecule has 0 saturated heterocycles. The molecular weight excluding hydrogens is 412 g/mol. The van der Waals surface area contributed by atoms with Crippen molar-refractivity contribution in [2.24, 2.45) is 0 Å². The van der Waals surface area contributed by atoms with E-state index in [2.05, 4.69) is 20.7 Å². The zero-order valence-electron chi connectivity index (χ0n) is 16.5. The van der Waals surface area contributed by atoms with Gasteiger partial charge in [0.25, 0.3) is 17.5 Å². The number of rotatable bonds is 6. The second-order valence-corrected chi connectivity index (χ2v) is 6.64. The molecule has 0 bridgehead atoms. The van der Waals surface area contributed by atoms with Crippen LogP contribution < -0.4 is 10.6 Å². The summed E-state index contributed by atoms with van der Waals surface area (Å²) in [6.07, 6.45) is 4.72. The number of pyridine rings is 1. The van der Waals surface area contributed by atoms with Crippen LogP contribution in [0.25, 0.3) is 5.69 Å². The molecule has 0 aliphatic rings. The number of nitrogens with one attached hydrogen (secondary N) is 2. The number of amides is 2. The van der Waals surface area contributed by atoms with Crippen molar-refractivity contribution in [2.45, 2.75) is 0 Å². The number of benzene rings is 2. The predicted octanol–water partition coefficient (Wildman–Crippen LogP) is 3.68. The number of carbonyl (C=O) groups is 2. The van der Waals surface area contributed by atoms with Gasteiger partial charge < -0.3 is 10.6 Å². The van der Waals surface area contributed by atoms with Crippen LogP contribution in [0.2, 0.25) is 0 Å². The van der Waals surface area contributed by atoms with Crippen molar-refractivity contribution in [2.75, 3.05) is 10.6 Å². The number of nitro groups is 1. The van der Waals surface area contributed by atoms with E-state index in [9.17, 15) is 19.7 Å². The Hall–Kier alpha value is -4.86. The molecule has 0 spiro atoms. The third kappa shape index (κ3) is 4.65. The molecule has 0 radical (unpaired) electrons. The van der Waals surface area contributed by atoms with E-state index in [0.717, 1.165) is 0 Å². The number of hydrogen-bond donors (Lipinski definition) is 2. The Balaban J connectivity index is 1.45. The number of nitro benzene ring substituents is 1. The van der Waals surface area contributed by atoms with E-state index in [1.807, 2.05) is 0 Å². The number of hydrogen-bond acceptors (Lipinski definition) is 6. The molecule has 2 aromatic heterocycles. The number of anilines is 2. The van der Waals surface area contributed by atoms with E-state index in [-0.39, 0.29) is 17.3 Å². The summed E-state index contributed by atoms with van der Waals surface area (Å²) < 4.78 is 1.44. The van der Waals surface area contributed by atoms with E-state index in [1.165, 1.54) is 35.0 Å². The van der Waals surface area contributed by atoms with Gasteiger partial charge in [0.1, 0.15) is 0 Å². The number of nitrogens with zero attached hydrogens (tertiary/aromatic N) is 4. The van der Waals surface area contributed by atoms with E-state index in [0.29, 0.717) is 22.6 Å². The number of non-ortho nitro benzene ring substituents is 1. The summed E-state index contributed by atoms with van der Waals surface area (Å²) in [7, 11) is 0. The minimum absolute atomic E-state index is 0.0354. The standard InChI is InChI=1S/C22H16N6O4/c29-21(24-16-8-11-23-12-9-16)15-2-1-3-17(14-15)25-22(30)20-10-13-27(26-20)18-4-6-19(7-5-18)28(31)32/h1-14H,(H,25,30)(H,23,24,29). The van der Waals surface area contributed by atoms with Gasteiger partial charge in [0.05, 0.1) is 10.6 Å². The molecule has 4 aromatic rings. The highest BCUT2D eigenvalue weighted by Crippen LogP contribution is 2.17. The van der Waals surface area contributed by atoms with Gasteiger partial charge in [-0.05, 0) is 48.5 Å². The van der Waals surface area contributed by atoms with Crippen LogP contribution in [0, 0.1) is 10.1 Å². The first-order valence-electron chi connectivity index (χ1n) is 9.43. The van der Waals surface area contributed by atoms with Crippen LogP contribution in [0.15, 0.2) is 85.3 Å². The minimum Gasteiger partial charge on any atom is -0.322 e. The minimum atomic E-state index is -0.489. The van der Waals surface area contributed by atoms with Gasteiger partial charge in [0.15, 0.2) is 5.69 Å². The van der Waals surface area contributed by atoms with Crippen molar-refractivity contribution < 1.29 is 14.5 Å². The fourth-order valence-electron chi connectivity index (χ4n) is 2.89. The van der Waals surface area contributed by atoms with Crippen LogP contribution in [0.1, 0.15) is 20.8 Å². The molecular formula is C22H16N6O4. The summed E-state index contributed by atoms with van der Waals surface area (Å²) in [5.41, 5.74) is 2.10. The fraction of sp³-hybridized carbons (Fsp3) is 0. The predicted molar refractivity (Wildman–Crippen MR) is 117 cm³/mol. The lowest BCUT2D eigenvalue weighted by atomic mass is 10.2. The molecule has 2 aromatic carbocycles. The van der Waals surface area contributed by atoms with Crippen LogP contribution in [0.5, 0.6) is 0 Å². The maximum absolute atomic E-state index is 12.6. The van der Waals surface area contributed by atoms with Gasteiger partial charge >= 0.3 is 0 Å².